The molecule has 0 aliphatic heterocycles. The largest absolute Gasteiger partial charge is 0.361 e. The van der Waals surface area contributed by atoms with Gasteiger partial charge >= 0.3 is 0 Å². The highest BCUT2D eigenvalue weighted by Crippen LogP contribution is 2.16. The van der Waals surface area contributed by atoms with Crippen molar-refractivity contribution in [3.8, 4) is 0 Å². The van der Waals surface area contributed by atoms with Gasteiger partial charge in [-0.05, 0) is 33.3 Å². The number of nitrogens with zero attached hydrogens (tertiary/aromatic N) is 3. The van der Waals surface area contributed by atoms with E-state index < -0.39 is 0 Å². The molecule has 2 aromatic rings. The molecule has 0 aliphatic carbocycles. The van der Waals surface area contributed by atoms with E-state index in [0.717, 1.165) is 23.4 Å². The molecule has 0 atom stereocenters. The van der Waals surface area contributed by atoms with E-state index in [0.29, 0.717) is 24.5 Å². The van der Waals surface area contributed by atoms with Crippen molar-refractivity contribution in [2.75, 3.05) is 6.54 Å². The molecule has 0 aromatic carbocycles. The molecule has 0 aliphatic rings. The Labute approximate surface area is 118 Å². The van der Waals surface area contributed by atoms with Gasteiger partial charge in [0, 0.05) is 17.8 Å². The Balaban J connectivity index is 2.25. The number of carbonyl (C=O) groups is 1. The van der Waals surface area contributed by atoms with Gasteiger partial charge in [0.1, 0.15) is 5.76 Å². The number of hydrogen-bond acceptors (Lipinski definition) is 4. The Bertz CT molecular complexity index is 613. The van der Waals surface area contributed by atoms with Crippen molar-refractivity contribution in [3.63, 3.8) is 0 Å². The zero-order valence-electron chi connectivity index (χ0n) is 12.4. The molecule has 2 rings (SSSR count). The fraction of sp³-hybridized carbons (Fsp3) is 0.500. The number of rotatable bonds is 5. The minimum atomic E-state index is -0.194. The monoisotopic (exact) mass is 276 g/mol. The molecule has 0 unspecified atom stereocenters. The molecule has 2 heterocycles. The summed E-state index contributed by atoms with van der Waals surface area (Å²) in [6, 6.07) is 2.00. The van der Waals surface area contributed by atoms with Crippen molar-refractivity contribution in [2.24, 2.45) is 0 Å². The molecular weight excluding hydrogens is 256 g/mol. The summed E-state index contributed by atoms with van der Waals surface area (Å²) in [5.74, 6) is 0.458. The van der Waals surface area contributed by atoms with Crippen molar-refractivity contribution >= 4 is 5.91 Å². The predicted molar refractivity (Wildman–Crippen MR) is 74.7 cm³/mol. The van der Waals surface area contributed by atoms with Crippen LogP contribution in [0.15, 0.2) is 10.6 Å². The summed E-state index contributed by atoms with van der Waals surface area (Å²) < 4.78 is 7.02. The molecule has 0 bridgehead atoms. The topological polar surface area (TPSA) is 73.0 Å². The zero-order valence-corrected chi connectivity index (χ0v) is 12.4. The Morgan fingerprint density at radius 1 is 1.40 bits per heavy atom. The first kappa shape index (κ1) is 14.3. The van der Waals surface area contributed by atoms with Crippen LogP contribution < -0.4 is 5.32 Å². The lowest BCUT2D eigenvalue weighted by Crippen LogP contribution is -2.25. The Morgan fingerprint density at radius 2 is 2.15 bits per heavy atom. The number of nitrogens with one attached hydrogen (secondary N) is 1. The Hall–Kier alpha value is -2.11. The maximum absolute atomic E-state index is 12.1. The lowest BCUT2D eigenvalue weighted by Gasteiger charge is -2.06. The first-order valence-corrected chi connectivity index (χ1v) is 6.77. The van der Waals surface area contributed by atoms with Gasteiger partial charge in [0.2, 0.25) is 0 Å². The lowest BCUT2D eigenvalue weighted by molar-refractivity contribution is 0.0943. The summed E-state index contributed by atoms with van der Waals surface area (Å²) in [5.41, 5.74) is 3.13. The molecule has 2 aromatic heterocycles. The molecule has 6 nitrogen and oxygen atoms in total. The highest BCUT2D eigenvalue weighted by Gasteiger charge is 2.20. The number of hydrogen-bond donors (Lipinski definition) is 1. The van der Waals surface area contributed by atoms with Gasteiger partial charge in [-0.15, -0.1) is 0 Å². The van der Waals surface area contributed by atoms with Crippen LogP contribution in [0.25, 0.3) is 0 Å². The Morgan fingerprint density at radius 3 is 2.75 bits per heavy atom. The van der Waals surface area contributed by atoms with Gasteiger partial charge in [0.15, 0.2) is 5.69 Å². The van der Waals surface area contributed by atoms with E-state index >= 15 is 0 Å². The molecule has 0 spiro atoms. The third-order valence-corrected chi connectivity index (χ3v) is 3.15. The van der Waals surface area contributed by atoms with Crippen LogP contribution in [-0.4, -0.2) is 27.4 Å². The molecule has 20 heavy (non-hydrogen) atoms. The molecule has 0 radical (unpaired) electrons. The van der Waals surface area contributed by atoms with E-state index in [9.17, 15) is 4.79 Å². The normalized spacial score (nSPS) is 10.8. The highest BCUT2D eigenvalue weighted by molar-refractivity contribution is 5.93. The van der Waals surface area contributed by atoms with E-state index in [-0.39, 0.29) is 5.91 Å². The SMILES string of the molecule is CCCNC(=O)c1noc(C)c1Cn1nc(C)cc1C. The molecule has 108 valence electrons. The summed E-state index contributed by atoms with van der Waals surface area (Å²) in [5, 5.41) is 11.1. The molecule has 6 heteroatoms. The number of aromatic nitrogens is 3. The van der Waals surface area contributed by atoms with Gasteiger partial charge in [-0.1, -0.05) is 12.1 Å². The van der Waals surface area contributed by atoms with E-state index in [4.69, 9.17) is 4.52 Å². The number of amides is 1. The van der Waals surface area contributed by atoms with Crippen molar-refractivity contribution in [3.05, 3.63) is 34.5 Å². The summed E-state index contributed by atoms with van der Waals surface area (Å²) in [6.07, 6.45) is 0.884. The van der Waals surface area contributed by atoms with Gasteiger partial charge in [-0.2, -0.15) is 5.10 Å². The average Bonchev–Trinajstić information content (AvgIpc) is 2.91. The second kappa shape index (κ2) is 5.90. The molecule has 0 saturated carbocycles. The van der Waals surface area contributed by atoms with Gasteiger partial charge in [-0.3, -0.25) is 9.48 Å². The molecule has 1 amide bonds. The zero-order chi connectivity index (χ0) is 14.7. The fourth-order valence-electron chi connectivity index (χ4n) is 2.06. The van der Waals surface area contributed by atoms with Gasteiger partial charge in [0.25, 0.3) is 5.91 Å². The van der Waals surface area contributed by atoms with E-state index in [1.165, 1.54) is 0 Å². The van der Waals surface area contributed by atoms with E-state index in [1.54, 1.807) is 0 Å². The van der Waals surface area contributed by atoms with E-state index in [2.05, 4.69) is 15.6 Å². The third-order valence-electron chi connectivity index (χ3n) is 3.15. The first-order valence-electron chi connectivity index (χ1n) is 6.77. The van der Waals surface area contributed by atoms with Gasteiger partial charge in [-0.25, -0.2) is 0 Å². The van der Waals surface area contributed by atoms with Crippen molar-refractivity contribution < 1.29 is 9.32 Å². The second-order valence-electron chi connectivity index (χ2n) is 4.91. The first-order chi connectivity index (χ1) is 9.52. The molecular formula is C14H20N4O2. The van der Waals surface area contributed by atoms with Gasteiger partial charge < -0.3 is 9.84 Å². The number of aryl methyl sites for hydroxylation is 3. The van der Waals surface area contributed by atoms with E-state index in [1.807, 2.05) is 38.4 Å². The summed E-state index contributed by atoms with van der Waals surface area (Å²) in [6.45, 7) is 8.86. The maximum atomic E-state index is 12.1. The third kappa shape index (κ3) is 2.89. The highest BCUT2D eigenvalue weighted by atomic mass is 16.5. The summed E-state index contributed by atoms with van der Waals surface area (Å²) >= 11 is 0. The van der Waals surface area contributed by atoms with Crippen LogP contribution in [0.3, 0.4) is 0 Å². The summed E-state index contributed by atoms with van der Waals surface area (Å²) in [7, 11) is 0. The molecule has 0 fully saturated rings. The van der Waals surface area contributed by atoms with Crippen LogP contribution in [-0.2, 0) is 6.54 Å². The van der Waals surface area contributed by atoms with Crippen LogP contribution in [0.4, 0.5) is 0 Å². The molecule has 1 N–H and O–H groups in total. The van der Waals surface area contributed by atoms with Crippen molar-refractivity contribution in [2.45, 2.75) is 40.7 Å². The van der Waals surface area contributed by atoms with Crippen molar-refractivity contribution in [1.82, 2.24) is 20.3 Å². The summed E-state index contributed by atoms with van der Waals surface area (Å²) in [4.78, 5) is 12.1. The lowest BCUT2D eigenvalue weighted by atomic mass is 10.2. The predicted octanol–water partition coefficient (Wildman–Crippen LogP) is 1.98. The molecule has 0 saturated heterocycles. The quantitative estimate of drug-likeness (QED) is 0.906. The minimum Gasteiger partial charge on any atom is -0.361 e. The van der Waals surface area contributed by atoms with Gasteiger partial charge in [0.05, 0.1) is 12.2 Å². The average molecular weight is 276 g/mol. The Kier molecular flexibility index (Phi) is 4.22. The number of carbonyl (C=O) groups excluding carboxylic acids is 1. The maximum Gasteiger partial charge on any atom is 0.273 e. The van der Waals surface area contributed by atoms with Crippen LogP contribution >= 0.6 is 0 Å². The standard InChI is InChI=1S/C14H20N4O2/c1-5-6-15-14(19)13-12(11(4)20-17-13)8-18-10(3)7-9(2)16-18/h7H,5-6,8H2,1-4H3,(H,15,19). The van der Waals surface area contributed by atoms with Crippen molar-refractivity contribution in [1.29, 1.82) is 0 Å². The smallest absolute Gasteiger partial charge is 0.273 e. The van der Waals surface area contributed by atoms with Crippen LogP contribution in [0.2, 0.25) is 0 Å². The van der Waals surface area contributed by atoms with Crippen LogP contribution in [0.5, 0.6) is 0 Å². The second-order valence-corrected chi connectivity index (χ2v) is 4.91. The fourth-order valence-corrected chi connectivity index (χ4v) is 2.06. The van der Waals surface area contributed by atoms with Crippen LogP contribution in [0.1, 0.15) is 46.5 Å². The van der Waals surface area contributed by atoms with Crippen LogP contribution in [0, 0.1) is 20.8 Å². The minimum absolute atomic E-state index is 0.194.